The van der Waals surface area contributed by atoms with Crippen LogP contribution in [0, 0.1) is 0 Å². The molecule has 0 unspecified atom stereocenters. The maximum Gasteiger partial charge on any atom is 0.150 e. The van der Waals surface area contributed by atoms with Crippen LogP contribution in [-0.4, -0.2) is 16.5 Å². The quantitative estimate of drug-likeness (QED) is 0.590. The molecule has 0 amide bonds. The Labute approximate surface area is 69.0 Å². The SMILES string of the molecule is O=Cc1ccc2cnncc2c1. The van der Waals surface area contributed by atoms with Gasteiger partial charge in [-0.15, -0.1) is 0 Å². The number of rotatable bonds is 1. The van der Waals surface area contributed by atoms with Gasteiger partial charge in [-0.3, -0.25) is 4.79 Å². The lowest BCUT2D eigenvalue weighted by Gasteiger charge is -1.94. The number of benzene rings is 1. The monoisotopic (exact) mass is 158 g/mol. The molecule has 0 radical (unpaired) electrons. The van der Waals surface area contributed by atoms with Gasteiger partial charge in [0.2, 0.25) is 0 Å². The fraction of sp³-hybridized carbons (Fsp3) is 0. The van der Waals surface area contributed by atoms with Crippen molar-refractivity contribution in [3.63, 3.8) is 0 Å². The molecular weight excluding hydrogens is 152 g/mol. The van der Waals surface area contributed by atoms with E-state index in [-0.39, 0.29) is 0 Å². The zero-order valence-corrected chi connectivity index (χ0v) is 6.27. The number of nitrogens with zero attached hydrogens (tertiary/aromatic N) is 2. The van der Waals surface area contributed by atoms with Crippen molar-refractivity contribution >= 4 is 17.1 Å². The Morgan fingerprint density at radius 2 is 1.83 bits per heavy atom. The van der Waals surface area contributed by atoms with E-state index >= 15 is 0 Å². The molecule has 0 bridgehead atoms. The summed E-state index contributed by atoms with van der Waals surface area (Å²) in [7, 11) is 0. The summed E-state index contributed by atoms with van der Waals surface area (Å²) >= 11 is 0. The predicted octanol–water partition coefficient (Wildman–Crippen LogP) is 1.44. The van der Waals surface area contributed by atoms with Gasteiger partial charge in [0.25, 0.3) is 0 Å². The van der Waals surface area contributed by atoms with E-state index in [0.29, 0.717) is 5.56 Å². The van der Waals surface area contributed by atoms with E-state index in [1.807, 2.05) is 6.07 Å². The van der Waals surface area contributed by atoms with Gasteiger partial charge < -0.3 is 0 Å². The van der Waals surface area contributed by atoms with Crippen molar-refractivity contribution in [2.24, 2.45) is 0 Å². The van der Waals surface area contributed by atoms with E-state index in [1.54, 1.807) is 24.5 Å². The fourth-order valence-electron chi connectivity index (χ4n) is 1.09. The number of hydrogen-bond donors (Lipinski definition) is 0. The van der Waals surface area contributed by atoms with Gasteiger partial charge in [-0.05, 0) is 6.07 Å². The van der Waals surface area contributed by atoms with Crippen molar-refractivity contribution in [3.8, 4) is 0 Å². The minimum absolute atomic E-state index is 0.663. The minimum atomic E-state index is 0.663. The van der Waals surface area contributed by atoms with E-state index in [1.165, 1.54) is 0 Å². The van der Waals surface area contributed by atoms with E-state index < -0.39 is 0 Å². The number of fused-ring (bicyclic) bond motifs is 1. The molecule has 2 rings (SSSR count). The molecule has 0 N–H and O–H groups in total. The summed E-state index contributed by atoms with van der Waals surface area (Å²) in [6, 6.07) is 5.40. The van der Waals surface area contributed by atoms with Crippen LogP contribution in [0.5, 0.6) is 0 Å². The van der Waals surface area contributed by atoms with E-state index in [4.69, 9.17) is 0 Å². The molecule has 58 valence electrons. The smallest absolute Gasteiger partial charge is 0.150 e. The van der Waals surface area contributed by atoms with Crippen LogP contribution in [0.3, 0.4) is 0 Å². The third-order valence-corrected chi connectivity index (χ3v) is 1.71. The lowest BCUT2D eigenvalue weighted by atomic mass is 10.1. The lowest BCUT2D eigenvalue weighted by molar-refractivity contribution is 0.112. The van der Waals surface area contributed by atoms with Crippen molar-refractivity contribution in [1.29, 1.82) is 0 Å². The number of carbonyl (C=O) groups is 1. The zero-order valence-electron chi connectivity index (χ0n) is 6.27. The second kappa shape index (κ2) is 2.70. The van der Waals surface area contributed by atoms with E-state index in [0.717, 1.165) is 17.1 Å². The average molecular weight is 158 g/mol. The second-order valence-corrected chi connectivity index (χ2v) is 2.50. The van der Waals surface area contributed by atoms with Gasteiger partial charge in [-0.2, -0.15) is 10.2 Å². The molecule has 2 aromatic rings. The maximum absolute atomic E-state index is 10.4. The molecule has 1 heterocycles. The third kappa shape index (κ3) is 1.05. The van der Waals surface area contributed by atoms with Crippen molar-refractivity contribution in [2.75, 3.05) is 0 Å². The van der Waals surface area contributed by atoms with Crippen LogP contribution < -0.4 is 0 Å². The first-order valence-corrected chi connectivity index (χ1v) is 3.56. The van der Waals surface area contributed by atoms with Crippen LogP contribution in [0.4, 0.5) is 0 Å². The van der Waals surface area contributed by atoms with Crippen LogP contribution in [-0.2, 0) is 0 Å². The van der Waals surface area contributed by atoms with Gasteiger partial charge in [-0.25, -0.2) is 0 Å². The summed E-state index contributed by atoms with van der Waals surface area (Å²) in [4.78, 5) is 10.4. The van der Waals surface area contributed by atoms with Crippen LogP contribution in [0.1, 0.15) is 10.4 Å². The molecule has 0 aliphatic rings. The van der Waals surface area contributed by atoms with Gasteiger partial charge in [0.15, 0.2) is 0 Å². The normalized spacial score (nSPS) is 10.0. The van der Waals surface area contributed by atoms with Gasteiger partial charge in [0.05, 0.1) is 12.4 Å². The lowest BCUT2D eigenvalue weighted by Crippen LogP contribution is -1.83. The summed E-state index contributed by atoms with van der Waals surface area (Å²) in [5.74, 6) is 0. The Bertz CT molecular complexity index is 426. The van der Waals surface area contributed by atoms with Crippen LogP contribution in [0.2, 0.25) is 0 Å². The molecule has 0 aliphatic carbocycles. The fourth-order valence-corrected chi connectivity index (χ4v) is 1.09. The highest BCUT2D eigenvalue weighted by Crippen LogP contribution is 2.11. The van der Waals surface area contributed by atoms with Gasteiger partial charge in [0.1, 0.15) is 6.29 Å². The number of carbonyl (C=O) groups excluding carboxylic acids is 1. The predicted molar refractivity (Wildman–Crippen MR) is 44.9 cm³/mol. The second-order valence-electron chi connectivity index (χ2n) is 2.50. The molecule has 0 spiro atoms. The molecule has 3 nitrogen and oxygen atoms in total. The molecule has 0 saturated carbocycles. The Balaban J connectivity index is 2.75. The molecule has 0 aliphatic heterocycles. The standard InChI is InChI=1S/C9H6N2O/c12-6-7-1-2-8-4-10-11-5-9(8)3-7/h1-6H. The molecule has 0 saturated heterocycles. The molecule has 12 heavy (non-hydrogen) atoms. The van der Waals surface area contributed by atoms with Crippen molar-refractivity contribution < 1.29 is 4.79 Å². The summed E-state index contributed by atoms with van der Waals surface area (Å²) in [6.07, 6.45) is 4.13. The highest BCUT2D eigenvalue weighted by atomic mass is 16.1. The number of aromatic nitrogens is 2. The maximum atomic E-state index is 10.4. The Hall–Kier alpha value is -1.77. The Morgan fingerprint density at radius 3 is 2.58 bits per heavy atom. The van der Waals surface area contributed by atoms with Gasteiger partial charge in [-0.1, -0.05) is 12.1 Å². The van der Waals surface area contributed by atoms with Crippen molar-refractivity contribution in [2.45, 2.75) is 0 Å². The molecule has 1 aromatic heterocycles. The summed E-state index contributed by atoms with van der Waals surface area (Å²) in [6.45, 7) is 0. The van der Waals surface area contributed by atoms with E-state index in [9.17, 15) is 4.79 Å². The largest absolute Gasteiger partial charge is 0.298 e. The topological polar surface area (TPSA) is 42.9 Å². The molecule has 3 heteroatoms. The number of aldehydes is 1. The highest BCUT2D eigenvalue weighted by Gasteiger charge is 1.94. The Kier molecular flexibility index (Phi) is 1.55. The zero-order chi connectivity index (χ0) is 8.39. The van der Waals surface area contributed by atoms with Crippen LogP contribution in [0.15, 0.2) is 30.6 Å². The molecule has 0 fully saturated rings. The summed E-state index contributed by atoms with van der Waals surface area (Å²) in [5.41, 5.74) is 0.663. The average Bonchev–Trinajstić information content (AvgIpc) is 2.17. The molecule has 0 atom stereocenters. The number of hydrogen-bond acceptors (Lipinski definition) is 3. The van der Waals surface area contributed by atoms with Gasteiger partial charge >= 0.3 is 0 Å². The molecule has 1 aromatic carbocycles. The summed E-state index contributed by atoms with van der Waals surface area (Å²) in [5, 5.41) is 9.39. The van der Waals surface area contributed by atoms with Crippen molar-refractivity contribution in [1.82, 2.24) is 10.2 Å². The summed E-state index contributed by atoms with van der Waals surface area (Å²) < 4.78 is 0. The van der Waals surface area contributed by atoms with Crippen molar-refractivity contribution in [3.05, 3.63) is 36.2 Å². The first-order valence-electron chi connectivity index (χ1n) is 3.56. The molecular formula is C9H6N2O. The van der Waals surface area contributed by atoms with Crippen LogP contribution >= 0.6 is 0 Å². The Morgan fingerprint density at radius 1 is 1.08 bits per heavy atom. The first-order chi connectivity index (χ1) is 5.90. The first kappa shape index (κ1) is 6.91. The van der Waals surface area contributed by atoms with Gasteiger partial charge in [0, 0.05) is 16.3 Å². The van der Waals surface area contributed by atoms with Crippen LogP contribution in [0.25, 0.3) is 10.8 Å². The highest BCUT2D eigenvalue weighted by molar-refractivity contribution is 5.87. The third-order valence-electron chi connectivity index (χ3n) is 1.71. The minimum Gasteiger partial charge on any atom is -0.298 e. The van der Waals surface area contributed by atoms with E-state index in [2.05, 4.69) is 10.2 Å².